The molecule has 1 fully saturated rings. The number of aromatic nitrogens is 1. The van der Waals surface area contributed by atoms with E-state index in [9.17, 15) is 18.0 Å². The van der Waals surface area contributed by atoms with Crippen molar-refractivity contribution in [2.75, 3.05) is 13.1 Å². The lowest BCUT2D eigenvalue weighted by Crippen LogP contribution is -2.46. The maximum atomic E-state index is 13.1. The molecule has 2 aromatic rings. The fourth-order valence-electron chi connectivity index (χ4n) is 3.52. The minimum atomic E-state index is -3.66. The molecular weight excluding hydrogens is 440 g/mol. The van der Waals surface area contributed by atoms with E-state index < -0.39 is 21.8 Å². The number of sulfonamides is 1. The lowest BCUT2D eigenvalue weighted by atomic mass is 10.0. The zero-order valence-corrected chi connectivity index (χ0v) is 18.5. The van der Waals surface area contributed by atoms with Crippen molar-refractivity contribution < 1.29 is 18.0 Å². The Hall–Kier alpha value is -2.49. The van der Waals surface area contributed by atoms with Crippen LogP contribution in [0.5, 0.6) is 0 Å². The van der Waals surface area contributed by atoms with Gasteiger partial charge in [-0.15, -0.1) is 0 Å². The van der Waals surface area contributed by atoms with Crippen molar-refractivity contribution in [2.45, 2.75) is 43.2 Å². The first-order valence-electron chi connectivity index (χ1n) is 10.1. The third kappa shape index (κ3) is 6.25. The molecule has 1 aliphatic rings. The molecule has 1 aromatic carbocycles. The van der Waals surface area contributed by atoms with Crippen LogP contribution in [0.25, 0.3) is 0 Å². The van der Waals surface area contributed by atoms with Gasteiger partial charge in [-0.1, -0.05) is 24.1 Å². The molecular formula is C21H25ClN4O4S. The number of benzene rings is 1. The second-order valence-electron chi connectivity index (χ2n) is 7.31. The Bertz CT molecular complexity index is 1000. The van der Waals surface area contributed by atoms with Crippen molar-refractivity contribution in [1.29, 1.82) is 0 Å². The van der Waals surface area contributed by atoms with Crippen LogP contribution in [-0.2, 0) is 26.2 Å². The van der Waals surface area contributed by atoms with Crippen molar-refractivity contribution in [3.63, 3.8) is 0 Å². The van der Waals surface area contributed by atoms with Crippen molar-refractivity contribution in [3.05, 3.63) is 59.4 Å². The van der Waals surface area contributed by atoms with E-state index >= 15 is 0 Å². The second kappa shape index (κ2) is 10.7. The molecule has 0 saturated carbocycles. The molecule has 2 amide bonds. The molecule has 10 heteroatoms. The lowest BCUT2D eigenvalue weighted by Gasteiger charge is -2.34. The molecule has 2 heterocycles. The molecule has 1 aliphatic heterocycles. The van der Waals surface area contributed by atoms with Gasteiger partial charge in [0.05, 0.1) is 4.90 Å². The first-order chi connectivity index (χ1) is 14.9. The standard InChI is InChI=1S/C21H25ClN4O4S/c22-17-6-8-19(9-7-17)31(29,30)26-13-2-1-5-18(26)10-12-24-20(27)21(28)25-15-16-4-3-11-23-14-16/h3-4,6-9,11,14,18H,1-2,5,10,12-13,15H2,(H,24,27)(H,25,28)/t18-/m0/s1. The van der Waals surface area contributed by atoms with Crippen LogP contribution in [0.3, 0.4) is 0 Å². The largest absolute Gasteiger partial charge is 0.348 e. The number of piperidine rings is 1. The second-order valence-corrected chi connectivity index (χ2v) is 9.63. The fourth-order valence-corrected chi connectivity index (χ4v) is 5.37. The van der Waals surface area contributed by atoms with Gasteiger partial charge in [0.25, 0.3) is 0 Å². The van der Waals surface area contributed by atoms with Crippen molar-refractivity contribution >= 4 is 33.4 Å². The summed E-state index contributed by atoms with van der Waals surface area (Å²) < 4.78 is 27.6. The summed E-state index contributed by atoms with van der Waals surface area (Å²) in [6.07, 6.45) is 6.06. The summed E-state index contributed by atoms with van der Waals surface area (Å²) >= 11 is 5.87. The van der Waals surface area contributed by atoms with Crippen molar-refractivity contribution in [1.82, 2.24) is 19.9 Å². The highest BCUT2D eigenvalue weighted by atomic mass is 35.5. The number of carbonyl (C=O) groups is 2. The zero-order valence-electron chi connectivity index (χ0n) is 17.0. The highest BCUT2D eigenvalue weighted by Gasteiger charge is 2.33. The van der Waals surface area contributed by atoms with E-state index in [2.05, 4.69) is 15.6 Å². The van der Waals surface area contributed by atoms with E-state index in [-0.39, 0.29) is 24.0 Å². The van der Waals surface area contributed by atoms with Gasteiger partial charge >= 0.3 is 11.8 Å². The van der Waals surface area contributed by atoms with E-state index in [1.807, 2.05) is 0 Å². The molecule has 1 aromatic heterocycles. The van der Waals surface area contributed by atoms with Crippen molar-refractivity contribution in [2.24, 2.45) is 0 Å². The van der Waals surface area contributed by atoms with Crippen LogP contribution in [0.1, 0.15) is 31.2 Å². The van der Waals surface area contributed by atoms with Gasteiger partial charge in [0.1, 0.15) is 0 Å². The summed E-state index contributed by atoms with van der Waals surface area (Å²) in [6.45, 7) is 0.835. The third-order valence-corrected chi connectivity index (χ3v) is 7.36. The molecule has 0 bridgehead atoms. The minimum absolute atomic E-state index is 0.197. The van der Waals surface area contributed by atoms with Crippen LogP contribution >= 0.6 is 11.6 Å². The number of nitrogens with one attached hydrogen (secondary N) is 2. The quantitative estimate of drug-likeness (QED) is 0.610. The fraction of sp³-hybridized carbons (Fsp3) is 0.381. The summed E-state index contributed by atoms with van der Waals surface area (Å²) in [5, 5.41) is 5.59. The molecule has 0 unspecified atom stereocenters. The van der Waals surface area contributed by atoms with E-state index in [0.717, 1.165) is 18.4 Å². The van der Waals surface area contributed by atoms with Gasteiger partial charge in [-0.2, -0.15) is 4.31 Å². The first kappa shape index (κ1) is 23.2. The normalized spacial score (nSPS) is 17.1. The molecule has 0 aliphatic carbocycles. The van der Waals surface area contributed by atoms with Gasteiger partial charge < -0.3 is 10.6 Å². The number of nitrogens with zero attached hydrogens (tertiary/aromatic N) is 2. The van der Waals surface area contributed by atoms with E-state index in [1.165, 1.54) is 16.4 Å². The maximum absolute atomic E-state index is 13.1. The monoisotopic (exact) mass is 464 g/mol. The molecule has 1 atom stereocenters. The number of halogens is 1. The van der Waals surface area contributed by atoms with Gasteiger partial charge in [-0.3, -0.25) is 14.6 Å². The number of carbonyl (C=O) groups excluding carboxylic acids is 2. The highest BCUT2D eigenvalue weighted by molar-refractivity contribution is 7.89. The average molecular weight is 465 g/mol. The third-order valence-electron chi connectivity index (χ3n) is 5.14. The van der Waals surface area contributed by atoms with Crippen LogP contribution in [0.15, 0.2) is 53.7 Å². The molecule has 31 heavy (non-hydrogen) atoms. The van der Waals surface area contributed by atoms with Crippen LogP contribution < -0.4 is 10.6 Å². The summed E-state index contributed by atoms with van der Waals surface area (Å²) in [6, 6.07) is 9.40. The topological polar surface area (TPSA) is 108 Å². The minimum Gasteiger partial charge on any atom is -0.348 e. The molecule has 8 nitrogen and oxygen atoms in total. The van der Waals surface area contributed by atoms with E-state index in [1.54, 1.807) is 36.7 Å². The molecule has 3 rings (SSSR count). The Morgan fingerprint density at radius 2 is 1.84 bits per heavy atom. The van der Waals surface area contributed by atoms with Crippen molar-refractivity contribution in [3.8, 4) is 0 Å². The molecule has 0 radical (unpaired) electrons. The van der Waals surface area contributed by atoms with Gasteiger partial charge in [0.2, 0.25) is 10.0 Å². The van der Waals surface area contributed by atoms with E-state index in [4.69, 9.17) is 11.6 Å². The first-order valence-corrected chi connectivity index (χ1v) is 11.9. The number of amides is 2. The Morgan fingerprint density at radius 1 is 1.10 bits per heavy atom. The van der Waals surface area contributed by atoms with Gasteiger partial charge in [0, 0.05) is 43.1 Å². The summed E-state index contributed by atoms with van der Waals surface area (Å²) in [4.78, 5) is 28.2. The maximum Gasteiger partial charge on any atom is 0.309 e. The van der Waals surface area contributed by atoms with Gasteiger partial charge in [0.15, 0.2) is 0 Å². The summed E-state index contributed by atoms with van der Waals surface area (Å²) in [5.74, 6) is -1.48. The molecule has 1 saturated heterocycles. The molecule has 2 N–H and O–H groups in total. The smallest absolute Gasteiger partial charge is 0.309 e. The van der Waals surface area contributed by atoms with Crippen LogP contribution in [0, 0.1) is 0 Å². The van der Waals surface area contributed by atoms with Gasteiger partial charge in [-0.05, 0) is 55.2 Å². The number of hydrogen-bond donors (Lipinski definition) is 2. The summed E-state index contributed by atoms with van der Waals surface area (Å²) in [7, 11) is -3.66. The summed E-state index contributed by atoms with van der Waals surface area (Å²) in [5.41, 5.74) is 0.786. The zero-order chi connectivity index (χ0) is 22.3. The lowest BCUT2D eigenvalue weighted by molar-refractivity contribution is -0.139. The number of hydrogen-bond acceptors (Lipinski definition) is 5. The highest BCUT2D eigenvalue weighted by Crippen LogP contribution is 2.27. The average Bonchev–Trinajstić information content (AvgIpc) is 2.78. The number of rotatable bonds is 7. The SMILES string of the molecule is O=C(NCC[C@@H]1CCCCN1S(=O)(=O)c1ccc(Cl)cc1)C(=O)NCc1cccnc1. The number of pyridine rings is 1. The Labute approximate surface area is 187 Å². The van der Waals surface area contributed by atoms with Crippen LogP contribution in [-0.4, -0.2) is 48.7 Å². The van der Waals surface area contributed by atoms with Gasteiger partial charge in [-0.25, -0.2) is 8.42 Å². The van der Waals surface area contributed by atoms with E-state index in [0.29, 0.717) is 24.4 Å². The van der Waals surface area contributed by atoms with Crippen LogP contribution in [0.2, 0.25) is 5.02 Å². The predicted molar refractivity (Wildman–Crippen MR) is 117 cm³/mol. The Morgan fingerprint density at radius 3 is 2.55 bits per heavy atom. The Balaban J connectivity index is 1.52. The Kier molecular flexibility index (Phi) is 8.00. The molecule has 166 valence electrons. The predicted octanol–water partition coefficient (Wildman–Crippen LogP) is 2.10. The molecule has 0 spiro atoms. The van der Waals surface area contributed by atoms with Crippen LogP contribution in [0.4, 0.5) is 0 Å².